The Labute approximate surface area is 83.8 Å². The fourth-order valence-corrected chi connectivity index (χ4v) is 1.87. The van der Waals surface area contributed by atoms with Crippen molar-refractivity contribution in [1.29, 1.82) is 0 Å². The van der Waals surface area contributed by atoms with Gasteiger partial charge in [0.25, 0.3) is 0 Å². The summed E-state index contributed by atoms with van der Waals surface area (Å²) in [4.78, 5) is 5.74. The van der Waals surface area contributed by atoms with Gasteiger partial charge in [0.2, 0.25) is 0 Å². The first kappa shape index (κ1) is 5.76. The van der Waals surface area contributed by atoms with Crippen LogP contribution >= 0.6 is 0 Å². The molecule has 2 nitrogen and oxygen atoms in total. The van der Waals surface area contributed by atoms with Crippen LogP contribution < -0.4 is 0 Å². The Kier molecular flexibility index (Phi) is 1.53. The van der Waals surface area contributed by atoms with Gasteiger partial charge in [-0.05, 0) is 44.4 Å². The minimum absolute atomic E-state index is 0.0000926. The summed E-state index contributed by atoms with van der Waals surface area (Å²) in [5.74, 6) is 0. The molecular formula is C11H16N2. The minimum atomic E-state index is -2.00. The Balaban J connectivity index is 2.27. The van der Waals surface area contributed by atoms with Crippen molar-refractivity contribution < 1.29 is 4.11 Å². The summed E-state index contributed by atoms with van der Waals surface area (Å²) in [6.07, 6.45) is 5.42. The molecule has 0 aromatic carbocycles. The first-order chi connectivity index (χ1) is 7.48. The summed E-state index contributed by atoms with van der Waals surface area (Å²) in [6, 6.07) is 2.03. The van der Waals surface area contributed by atoms with Crippen LogP contribution in [0.5, 0.6) is 0 Å². The summed E-state index contributed by atoms with van der Waals surface area (Å²) in [6.45, 7) is 0.630. The van der Waals surface area contributed by atoms with Crippen molar-refractivity contribution >= 4 is 0 Å². The molecule has 0 amide bonds. The molecule has 1 fully saturated rings. The largest absolute Gasteiger partial charge is 0.299 e. The number of rotatable bonds is 1. The lowest BCUT2D eigenvalue weighted by molar-refractivity contribution is 0.317. The van der Waals surface area contributed by atoms with Crippen molar-refractivity contribution in [2.45, 2.75) is 25.8 Å². The second-order valence-electron chi connectivity index (χ2n) is 3.65. The van der Waals surface area contributed by atoms with E-state index in [0.29, 0.717) is 6.54 Å². The van der Waals surface area contributed by atoms with Crippen molar-refractivity contribution in [3.8, 4) is 0 Å². The summed E-state index contributed by atoms with van der Waals surface area (Å²) >= 11 is 0. The van der Waals surface area contributed by atoms with E-state index < -0.39 is 6.98 Å². The van der Waals surface area contributed by atoms with E-state index in [9.17, 15) is 0 Å². The van der Waals surface area contributed by atoms with Gasteiger partial charge in [0.05, 0.1) is 0 Å². The molecule has 2 heterocycles. The SMILES string of the molecule is [2H]C([2H])([2H])N1CCCC1c1cncc(C)c1. The molecule has 1 aliphatic rings. The fourth-order valence-electron chi connectivity index (χ4n) is 1.87. The molecule has 0 saturated carbocycles. The van der Waals surface area contributed by atoms with Crippen molar-refractivity contribution in [3.05, 3.63) is 29.6 Å². The average molecular weight is 179 g/mol. The average Bonchev–Trinajstić information content (AvgIpc) is 2.65. The van der Waals surface area contributed by atoms with E-state index in [1.807, 2.05) is 13.0 Å². The van der Waals surface area contributed by atoms with Crippen LogP contribution in [0.15, 0.2) is 18.5 Å². The van der Waals surface area contributed by atoms with Crippen LogP contribution in [0.3, 0.4) is 0 Å². The van der Waals surface area contributed by atoms with Crippen LogP contribution in [0.2, 0.25) is 0 Å². The van der Waals surface area contributed by atoms with E-state index in [0.717, 1.165) is 24.0 Å². The number of aryl methyl sites for hydroxylation is 1. The highest BCUT2D eigenvalue weighted by molar-refractivity contribution is 5.20. The highest BCUT2D eigenvalue weighted by Crippen LogP contribution is 2.29. The molecule has 0 radical (unpaired) electrons. The standard InChI is InChI=1S/C11H16N2/c1-9-6-10(8-12-7-9)11-4-3-5-13(11)2/h6-8,11H,3-5H2,1-2H3/i2D3. The van der Waals surface area contributed by atoms with Crippen LogP contribution in [-0.2, 0) is 0 Å². The topological polar surface area (TPSA) is 16.1 Å². The molecule has 1 aromatic heterocycles. The zero-order valence-corrected chi connectivity index (χ0v) is 7.83. The molecule has 70 valence electrons. The summed E-state index contributed by atoms with van der Waals surface area (Å²) in [5, 5.41) is 0. The van der Waals surface area contributed by atoms with Gasteiger partial charge in [0.1, 0.15) is 0 Å². The van der Waals surface area contributed by atoms with Crippen LogP contribution in [0.4, 0.5) is 0 Å². The zero-order valence-electron chi connectivity index (χ0n) is 10.8. The first-order valence-corrected chi connectivity index (χ1v) is 4.67. The number of hydrogen-bond acceptors (Lipinski definition) is 2. The second-order valence-corrected chi connectivity index (χ2v) is 3.65. The fraction of sp³-hybridized carbons (Fsp3) is 0.545. The lowest BCUT2D eigenvalue weighted by atomic mass is 10.1. The van der Waals surface area contributed by atoms with Gasteiger partial charge in [-0.3, -0.25) is 9.88 Å². The van der Waals surface area contributed by atoms with Crippen LogP contribution in [0.1, 0.15) is 34.1 Å². The third kappa shape index (κ3) is 1.73. The maximum atomic E-state index is 7.50. The van der Waals surface area contributed by atoms with Gasteiger partial charge in [-0.1, -0.05) is 6.07 Å². The monoisotopic (exact) mass is 179 g/mol. The van der Waals surface area contributed by atoms with Gasteiger partial charge in [-0.25, -0.2) is 0 Å². The van der Waals surface area contributed by atoms with E-state index in [1.165, 1.54) is 0 Å². The van der Waals surface area contributed by atoms with Gasteiger partial charge in [0, 0.05) is 22.5 Å². The third-order valence-electron chi connectivity index (χ3n) is 2.53. The summed E-state index contributed by atoms with van der Waals surface area (Å²) in [5.41, 5.74) is 2.10. The van der Waals surface area contributed by atoms with Gasteiger partial charge in [-0.15, -0.1) is 0 Å². The van der Waals surface area contributed by atoms with E-state index in [2.05, 4.69) is 4.98 Å². The molecule has 1 aromatic rings. The number of likely N-dealkylation sites (tertiary alicyclic amines) is 1. The predicted octanol–water partition coefficient (Wildman–Crippen LogP) is 2.16. The molecule has 13 heavy (non-hydrogen) atoms. The molecule has 1 unspecified atom stereocenters. The number of pyridine rings is 1. The molecule has 0 spiro atoms. The molecular weight excluding hydrogens is 160 g/mol. The molecule has 0 aliphatic carbocycles. The van der Waals surface area contributed by atoms with Gasteiger partial charge in [-0.2, -0.15) is 0 Å². The zero-order chi connectivity index (χ0) is 11.8. The number of nitrogens with zero attached hydrogens (tertiary/aromatic N) is 2. The van der Waals surface area contributed by atoms with E-state index in [1.54, 1.807) is 17.3 Å². The van der Waals surface area contributed by atoms with Crippen molar-refractivity contribution in [1.82, 2.24) is 9.88 Å². The smallest absolute Gasteiger partial charge is 0.0394 e. The summed E-state index contributed by atoms with van der Waals surface area (Å²) in [7, 11) is 0. The molecule has 2 heteroatoms. The third-order valence-corrected chi connectivity index (χ3v) is 2.53. The predicted molar refractivity (Wildman–Crippen MR) is 53.6 cm³/mol. The van der Waals surface area contributed by atoms with Crippen molar-refractivity contribution in [2.24, 2.45) is 0 Å². The Bertz CT molecular complexity index is 376. The summed E-state index contributed by atoms with van der Waals surface area (Å²) < 4.78 is 22.5. The Morgan fingerprint density at radius 3 is 3.31 bits per heavy atom. The van der Waals surface area contributed by atoms with E-state index >= 15 is 0 Å². The maximum absolute atomic E-state index is 7.50. The molecule has 1 atom stereocenters. The number of aromatic nitrogens is 1. The quantitative estimate of drug-likeness (QED) is 0.656. The minimum Gasteiger partial charge on any atom is -0.299 e. The Hall–Kier alpha value is -0.890. The normalized spacial score (nSPS) is 28.1. The molecule has 1 aliphatic heterocycles. The van der Waals surface area contributed by atoms with E-state index in [-0.39, 0.29) is 6.04 Å². The lowest BCUT2D eigenvalue weighted by Crippen LogP contribution is -2.17. The van der Waals surface area contributed by atoms with Crippen molar-refractivity contribution in [2.75, 3.05) is 13.5 Å². The second kappa shape index (κ2) is 3.46. The van der Waals surface area contributed by atoms with Crippen LogP contribution in [0.25, 0.3) is 0 Å². The number of hydrogen-bond donors (Lipinski definition) is 0. The Morgan fingerprint density at radius 2 is 2.54 bits per heavy atom. The van der Waals surface area contributed by atoms with Gasteiger partial charge >= 0.3 is 0 Å². The van der Waals surface area contributed by atoms with E-state index in [4.69, 9.17) is 4.11 Å². The molecule has 0 bridgehead atoms. The molecule has 1 saturated heterocycles. The molecule has 0 N–H and O–H groups in total. The maximum Gasteiger partial charge on any atom is 0.0394 e. The Morgan fingerprint density at radius 1 is 1.62 bits per heavy atom. The van der Waals surface area contributed by atoms with Crippen LogP contribution in [-0.4, -0.2) is 23.4 Å². The molecule has 2 rings (SSSR count). The van der Waals surface area contributed by atoms with Gasteiger partial charge < -0.3 is 0 Å². The first-order valence-electron chi connectivity index (χ1n) is 6.17. The van der Waals surface area contributed by atoms with Gasteiger partial charge in [0.15, 0.2) is 0 Å². The highest BCUT2D eigenvalue weighted by Gasteiger charge is 2.22. The van der Waals surface area contributed by atoms with Crippen molar-refractivity contribution in [3.63, 3.8) is 0 Å². The highest BCUT2D eigenvalue weighted by atomic mass is 15.1. The van der Waals surface area contributed by atoms with Crippen LogP contribution in [0, 0.1) is 6.92 Å². The lowest BCUT2D eigenvalue weighted by Gasteiger charge is -2.19.